The summed E-state index contributed by atoms with van der Waals surface area (Å²) in [4.78, 5) is 35.1. The zero-order valence-corrected chi connectivity index (χ0v) is 10.5. The Morgan fingerprint density at radius 2 is 2.16 bits per heavy atom. The Bertz CT molecular complexity index is 554. The number of amides is 2. The van der Waals surface area contributed by atoms with Gasteiger partial charge in [-0.2, -0.15) is 0 Å². The smallest absolute Gasteiger partial charge is 0.305 e. The van der Waals surface area contributed by atoms with Crippen LogP contribution in [0.1, 0.15) is 22.3 Å². The summed E-state index contributed by atoms with van der Waals surface area (Å²) in [6.07, 6.45) is 0.239. The van der Waals surface area contributed by atoms with Gasteiger partial charge in [-0.05, 0) is 17.7 Å². The van der Waals surface area contributed by atoms with Crippen LogP contribution in [0, 0.1) is 0 Å². The first kappa shape index (κ1) is 13.1. The van der Waals surface area contributed by atoms with Gasteiger partial charge in [0.15, 0.2) is 0 Å². The summed E-state index contributed by atoms with van der Waals surface area (Å²) in [5.41, 5.74) is 1.96. The van der Waals surface area contributed by atoms with Gasteiger partial charge < -0.3 is 15.3 Å². The molecule has 6 heteroatoms. The second-order valence-corrected chi connectivity index (χ2v) is 4.47. The summed E-state index contributed by atoms with van der Waals surface area (Å²) >= 11 is 0. The molecule has 0 fully saturated rings. The van der Waals surface area contributed by atoms with Crippen LogP contribution >= 0.6 is 0 Å². The molecule has 0 atom stereocenters. The zero-order chi connectivity index (χ0) is 14.0. The third-order valence-corrected chi connectivity index (χ3v) is 2.99. The van der Waals surface area contributed by atoms with Crippen molar-refractivity contribution in [3.8, 4) is 0 Å². The van der Waals surface area contributed by atoms with Crippen LogP contribution < -0.4 is 5.32 Å². The number of nitrogens with one attached hydrogen (secondary N) is 1. The first-order valence-electron chi connectivity index (χ1n) is 5.87. The largest absolute Gasteiger partial charge is 0.481 e. The van der Waals surface area contributed by atoms with Gasteiger partial charge in [0.25, 0.3) is 5.91 Å². The Labute approximate surface area is 110 Å². The molecule has 2 rings (SSSR count). The molecule has 100 valence electrons. The highest BCUT2D eigenvalue weighted by Crippen LogP contribution is 2.24. The number of hydrogen-bond donors (Lipinski definition) is 2. The molecular formula is C13H14N2O4. The van der Waals surface area contributed by atoms with E-state index < -0.39 is 5.97 Å². The molecule has 1 aromatic carbocycles. The van der Waals surface area contributed by atoms with Crippen LogP contribution in [-0.4, -0.2) is 41.4 Å². The van der Waals surface area contributed by atoms with E-state index in [1.54, 1.807) is 25.2 Å². The fraction of sp³-hybridized carbons (Fsp3) is 0.308. The van der Waals surface area contributed by atoms with Gasteiger partial charge in [-0.1, -0.05) is 6.07 Å². The maximum atomic E-state index is 12.1. The van der Waals surface area contributed by atoms with E-state index in [0.29, 0.717) is 17.7 Å². The summed E-state index contributed by atoms with van der Waals surface area (Å²) in [6, 6.07) is 5.02. The highest BCUT2D eigenvalue weighted by atomic mass is 16.4. The number of anilines is 1. The second-order valence-electron chi connectivity index (χ2n) is 4.47. The molecule has 2 N–H and O–H groups in total. The Kier molecular flexibility index (Phi) is 3.50. The molecule has 19 heavy (non-hydrogen) atoms. The SMILES string of the molecule is CN(CCC(=O)O)C(=O)c1ccc2c(c1)NC(=O)C2. The number of aliphatic carboxylic acids is 1. The summed E-state index contributed by atoms with van der Waals surface area (Å²) < 4.78 is 0. The molecule has 6 nitrogen and oxygen atoms in total. The number of fused-ring (bicyclic) bond motifs is 1. The van der Waals surface area contributed by atoms with Gasteiger partial charge in [-0.3, -0.25) is 14.4 Å². The van der Waals surface area contributed by atoms with E-state index in [2.05, 4.69) is 5.32 Å². The molecule has 1 heterocycles. The average Bonchev–Trinajstić information content (AvgIpc) is 2.73. The quantitative estimate of drug-likeness (QED) is 0.837. The Morgan fingerprint density at radius 1 is 1.42 bits per heavy atom. The van der Waals surface area contributed by atoms with Crippen LogP contribution in [0.3, 0.4) is 0 Å². The van der Waals surface area contributed by atoms with Gasteiger partial charge in [0.05, 0.1) is 12.8 Å². The number of hydrogen-bond acceptors (Lipinski definition) is 3. The van der Waals surface area contributed by atoms with E-state index in [-0.39, 0.29) is 24.8 Å². The van der Waals surface area contributed by atoms with Gasteiger partial charge in [-0.25, -0.2) is 0 Å². The Morgan fingerprint density at radius 3 is 2.84 bits per heavy atom. The van der Waals surface area contributed by atoms with Gasteiger partial charge >= 0.3 is 5.97 Å². The lowest BCUT2D eigenvalue weighted by atomic mass is 10.1. The molecular weight excluding hydrogens is 248 g/mol. The second kappa shape index (κ2) is 5.09. The van der Waals surface area contributed by atoms with Crippen molar-refractivity contribution in [2.75, 3.05) is 18.9 Å². The van der Waals surface area contributed by atoms with Crippen LogP contribution in [0.5, 0.6) is 0 Å². The first-order chi connectivity index (χ1) is 8.97. The van der Waals surface area contributed by atoms with Crippen LogP contribution in [-0.2, 0) is 16.0 Å². The summed E-state index contributed by atoms with van der Waals surface area (Å²) in [7, 11) is 1.55. The molecule has 1 aliphatic heterocycles. The molecule has 1 aliphatic rings. The molecule has 0 saturated carbocycles. The number of carbonyl (C=O) groups is 3. The maximum absolute atomic E-state index is 12.1. The highest BCUT2D eigenvalue weighted by Gasteiger charge is 2.20. The third kappa shape index (κ3) is 2.90. The average molecular weight is 262 g/mol. The van der Waals surface area contributed by atoms with Crippen molar-refractivity contribution in [2.45, 2.75) is 12.8 Å². The molecule has 0 unspecified atom stereocenters. The predicted octanol–water partition coefficient (Wildman–Crippen LogP) is 0.728. The third-order valence-electron chi connectivity index (χ3n) is 2.99. The molecule has 0 spiro atoms. The minimum Gasteiger partial charge on any atom is -0.481 e. The van der Waals surface area contributed by atoms with Crippen molar-refractivity contribution in [1.82, 2.24) is 4.90 Å². The van der Waals surface area contributed by atoms with Crippen molar-refractivity contribution in [2.24, 2.45) is 0 Å². The fourth-order valence-electron chi connectivity index (χ4n) is 1.93. The molecule has 0 saturated heterocycles. The van der Waals surface area contributed by atoms with Crippen molar-refractivity contribution in [3.63, 3.8) is 0 Å². The van der Waals surface area contributed by atoms with Crippen molar-refractivity contribution >= 4 is 23.5 Å². The van der Waals surface area contributed by atoms with E-state index in [1.807, 2.05) is 0 Å². The summed E-state index contributed by atoms with van der Waals surface area (Å²) in [6.45, 7) is 0.150. The van der Waals surface area contributed by atoms with Crippen molar-refractivity contribution in [1.29, 1.82) is 0 Å². The van der Waals surface area contributed by atoms with E-state index in [1.165, 1.54) is 4.90 Å². The molecule has 0 aliphatic carbocycles. The first-order valence-corrected chi connectivity index (χ1v) is 5.87. The summed E-state index contributed by atoms with van der Waals surface area (Å²) in [5, 5.41) is 11.3. The van der Waals surface area contributed by atoms with Crippen LogP contribution in [0.15, 0.2) is 18.2 Å². The number of nitrogens with zero attached hydrogens (tertiary/aromatic N) is 1. The van der Waals surface area contributed by atoms with Gasteiger partial charge in [0.2, 0.25) is 5.91 Å². The highest BCUT2D eigenvalue weighted by molar-refractivity contribution is 6.02. The van der Waals surface area contributed by atoms with Gasteiger partial charge in [0.1, 0.15) is 0 Å². The summed E-state index contributed by atoms with van der Waals surface area (Å²) in [5.74, 6) is -1.29. The van der Waals surface area contributed by atoms with E-state index >= 15 is 0 Å². The van der Waals surface area contributed by atoms with Crippen LogP contribution in [0.2, 0.25) is 0 Å². The minimum absolute atomic E-state index is 0.0844. The number of benzene rings is 1. The monoisotopic (exact) mass is 262 g/mol. The molecule has 1 aromatic rings. The van der Waals surface area contributed by atoms with Crippen LogP contribution in [0.4, 0.5) is 5.69 Å². The topological polar surface area (TPSA) is 86.7 Å². The fourth-order valence-corrected chi connectivity index (χ4v) is 1.93. The standard InChI is InChI=1S/C13H14N2O4/c1-15(5-4-12(17)18)13(19)9-3-2-8-7-11(16)14-10(8)6-9/h2-3,6H,4-5,7H2,1H3,(H,14,16)(H,17,18). The van der Waals surface area contributed by atoms with Crippen molar-refractivity contribution in [3.05, 3.63) is 29.3 Å². The predicted molar refractivity (Wildman–Crippen MR) is 68.0 cm³/mol. The Balaban J connectivity index is 2.10. The normalized spacial score (nSPS) is 12.8. The van der Waals surface area contributed by atoms with Gasteiger partial charge in [0, 0.05) is 24.8 Å². The lowest BCUT2D eigenvalue weighted by Gasteiger charge is -2.16. The number of carboxylic acids is 1. The van der Waals surface area contributed by atoms with E-state index in [9.17, 15) is 14.4 Å². The maximum Gasteiger partial charge on any atom is 0.305 e. The molecule has 0 bridgehead atoms. The number of carbonyl (C=O) groups excluding carboxylic acids is 2. The van der Waals surface area contributed by atoms with Crippen LogP contribution in [0.25, 0.3) is 0 Å². The lowest BCUT2D eigenvalue weighted by Crippen LogP contribution is -2.29. The zero-order valence-electron chi connectivity index (χ0n) is 10.5. The van der Waals surface area contributed by atoms with Crippen molar-refractivity contribution < 1.29 is 19.5 Å². The number of rotatable bonds is 4. The minimum atomic E-state index is -0.944. The van der Waals surface area contributed by atoms with E-state index in [4.69, 9.17) is 5.11 Å². The van der Waals surface area contributed by atoms with E-state index in [0.717, 1.165) is 5.56 Å². The Hall–Kier alpha value is -2.37. The lowest BCUT2D eigenvalue weighted by molar-refractivity contribution is -0.137. The molecule has 0 radical (unpaired) electrons. The van der Waals surface area contributed by atoms with Gasteiger partial charge in [-0.15, -0.1) is 0 Å². The molecule has 0 aromatic heterocycles. The molecule has 2 amide bonds. The number of carboxylic acid groups (broad SMARTS) is 1.